The second-order valence-electron chi connectivity index (χ2n) is 5.58. The lowest BCUT2D eigenvalue weighted by molar-refractivity contribution is -0.131. The molecule has 0 radical (unpaired) electrons. The maximum atomic E-state index is 12.2. The third-order valence-corrected chi connectivity index (χ3v) is 4.03. The Kier molecular flexibility index (Phi) is 7.15. The molecule has 116 valence electrons. The zero-order valence-electron chi connectivity index (χ0n) is 12.8. The number of carbonyl (C=O) groups is 2. The molecule has 0 fully saturated rings. The van der Waals surface area contributed by atoms with Gasteiger partial charge in [0.05, 0.1) is 4.88 Å². The number of nitrogens with one attached hydrogen (secondary N) is 1. The van der Waals surface area contributed by atoms with Crippen molar-refractivity contribution in [1.29, 1.82) is 0 Å². The predicted molar refractivity (Wildman–Crippen MR) is 86.6 cm³/mol. The van der Waals surface area contributed by atoms with Gasteiger partial charge < -0.3 is 10.4 Å². The molecule has 0 saturated heterocycles. The SMILES string of the molecule is CC(C)CCCC(C)NC(=O)c1sccc1C=CC(=O)O. The number of carboxylic acids is 1. The van der Waals surface area contributed by atoms with Gasteiger partial charge in [-0.1, -0.05) is 26.7 Å². The number of carbonyl (C=O) groups excluding carboxylic acids is 1. The summed E-state index contributed by atoms with van der Waals surface area (Å²) in [6.07, 6.45) is 5.71. The fourth-order valence-corrected chi connectivity index (χ4v) is 2.78. The van der Waals surface area contributed by atoms with E-state index in [0.717, 1.165) is 25.3 Å². The summed E-state index contributed by atoms with van der Waals surface area (Å²) in [4.78, 5) is 23.3. The van der Waals surface area contributed by atoms with Gasteiger partial charge in [-0.15, -0.1) is 11.3 Å². The highest BCUT2D eigenvalue weighted by atomic mass is 32.1. The average Bonchev–Trinajstić information content (AvgIpc) is 2.84. The molecular formula is C16H23NO3S. The van der Waals surface area contributed by atoms with Gasteiger partial charge in [0.25, 0.3) is 5.91 Å². The fraction of sp³-hybridized carbons (Fsp3) is 0.500. The zero-order valence-corrected chi connectivity index (χ0v) is 13.6. The highest BCUT2D eigenvalue weighted by Gasteiger charge is 2.14. The molecule has 1 unspecified atom stereocenters. The third kappa shape index (κ3) is 6.58. The Balaban J connectivity index is 2.56. The molecule has 2 N–H and O–H groups in total. The molecular weight excluding hydrogens is 286 g/mol. The van der Waals surface area contributed by atoms with E-state index < -0.39 is 5.97 Å². The van der Waals surface area contributed by atoms with E-state index in [-0.39, 0.29) is 11.9 Å². The van der Waals surface area contributed by atoms with Crippen molar-refractivity contribution < 1.29 is 14.7 Å². The Hall–Kier alpha value is -1.62. The monoisotopic (exact) mass is 309 g/mol. The third-order valence-electron chi connectivity index (χ3n) is 3.10. The minimum atomic E-state index is -1.02. The van der Waals surface area contributed by atoms with Crippen LogP contribution >= 0.6 is 11.3 Å². The van der Waals surface area contributed by atoms with Crippen LogP contribution in [-0.4, -0.2) is 23.0 Å². The van der Waals surface area contributed by atoms with Gasteiger partial charge in [0, 0.05) is 12.1 Å². The molecule has 21 heavy (non-hydrogen) atoms. The van der Waals surface area contributed by atoms with E-state index >= 15 is 0 Å². The summed E-state index contributed by atoms with van der Waals surface area (Å²) in [6.45, 7) is 6.38. The van der Waals surface area contributed by atoms with Crippen LogP contribution in [-0.2, 0) is 4.79 Å². The second-order valence-corrected chi connectivity index (χ2v) is 6.49. The first-order chi connectivity index (χ1) is 9.90. The van der Waals surface area contributed by atoms with Crippen LogP contribution in [0.2, 0.25) is 0 Å². The van der Waals surface area contributed by atoms with Gasteiger partial charge in [-0.3, -0.25) is 4.79 Å². The van der Waals surface area contributed by atoms with Crippen LogP contribution in [0.1, 0.15) is 55.3 Å². The van der Waals surface area contributed by atoms with Gasteiger partial charge in [0.1, 0.15) is 0 Å². The van der Waals surface area contributed by atoms with Crippen LogP contribution < -0.4 is 5.32 Å². The summed E-state index contributed by atoms with van der Waals surface area (Å²) in [5, 5.41) is 13.4. The average molecular weight is 309 g/mol. The molecule has 1 rings (SSSR count). The molecule has 0 aliphatic heterocycles. The van der Waals surface area contributed by atoms with E-state index in [1.807, 2.05) is 6.92 Å². The molecule has 1 aromatic heterocycles. The Labute approximate surface area is 129 Å². The number of thiophene rings is 1. The number of amides is 1. The molecule has 0 spiro atoms. The lowest BCUT2D eigenvalue weighted by Gasteiger charge is -2.14. The quantitative estimate of drug-likeness (QED) is 0.718. The maximum Gasteiger partial charge on any atom is 0.328 e. The van der Waals surface area contributed by atoms with Crippen molar-refractivity contribution >= 4 is 29.3 Å². The first-order valence-electron chi connectivity index (χ1n) is 7.19. The maximum absolute atomic E-state index is 12.2. The van der Waals surface area contributed by atoms with E-state index in [1.54, 1.807) is 11.4 Å². The number of hydrogen-bond acceptors (Lipinski definition) is 3. The van der Waals surface area contributed by atoms with Crippen molar-refractivity contribution in [3.63, 3.8) is 0 Å². The minimum absolute atomic E-state index is 0.120. The largest absolute Gasteiger partial charge is 0.478 e. The van der Waals surface area contributed by atoms with Gasteiger partial charge in [-0.05, 0) is 42.3 Å². The molecule has 4 nitrogen and oxygen atoms in total. The second kappa shape index (κ2) is 8.62. The molecule has 0 aliphatic rings. The summed E-state index contributed by atoms with van der Waals surface area (Å²) < 4.78 is 0. The number of aliphatic carboxylic acids is 1. The van der Waals surface area contributed by atoms with Crippen LogP contribution in [0.5, 0.6) is 0 Å². The molecule has 1 amide bonds. The van der Waals surface area contributed by atoms with Gasteiger partial charge in [-0.25, -0.2) is 4.79 Å². The molecule has 1 heterocycles. The Morgan fingerprint density at radius 2 is 2.05 bits per heavy atom. The Bertz CT molecular complexity index is 505. The van der Waals surface area contributed by atoms with E-state index in [1.165, 1.54) is 17.4 Å². The van der Waals surface area contributed by atoms with E-state index in [0.29, 0.717) is 16.4 Å². The van der Waals surface area contributed by atoms with Crippen LogP contribution in [0, 0.1) is 5.92 Å². The number of rotatable bonds is 8. The molecule has 0 aromatic carbocycles. The topological polar surface area (TPSA) is 66.4 Å². The minimum Gasteiger partial charge on any atom is -0.478 e. The molecule has 0 aliphatic carbocycles. The highest BCUT2D eigenvalue weighted by Crippen LogP contribution is 2.19. The van der Waals surface area contributed by atoms with Gasteiger partial charge >= 0.3 is 5.97 Å². The summed E-state index contributed by atoms with van der Waals surface area (Å²) in [5.41, 5.74) is 0.647. The van der Waals surface area contributed by atoms with Crippen molar-refractivity contribution in [3.05, 3.63) is 28.0 Å². The van der Waals surface area contributed by atoms with Crippen molar-refractivity contribution in [2.24, 2.45) is 5.92 Å². The normalized spacial score (nSPS) is 12.8. The number of hydrogen-bond donors (Lipinski definition) is 2. The molecule has 1 atom stereocenters. The van der Waals surface area contributed by atoms with Crippen LogP contribution in [0.4, 0.5) is 0 Å². The molecule has 0 bridgehead atoms. The van der Waals surface area contributed by atoms with Gasteiger partial charge in [0.15, 0.2) is 0 Å². The van der Waals surface area contributed by atoms with Crippen LogP contribution in [0.15, 0.2) is 17.5 Å². The lowest BCUT2D eigenvalue weighted by atomic mass is 10.0. The fourth-order valence-electron chi connectivity index (χ4n) is 1.99. The summed E-state index contributed by atoms with van der Waals surface area (Å²) in [7, 11) is 0. The first kappa shape index (κ1) is 17.4. The Morgan fingerprint density at radius 1 is 1.33 bits per heavy atom. The molecule has 0 saturated carbocycles. The summed E-state index contributed by atoms with van der Waals surface area (Å²) in [6, 6.07) is 1.87. The van der Waals surface area contributed by atoms with Crippen LogP contribution in [0.25, 0.3) is 6.08 Å². The van der Waals surface area contributed by atoms with Crippen molar-refractivity contribution in [1.82, 2.24) is 5.32 Å². The van der Waals surface area contributed by atoms with Crippen molar-refractivity contribution in [2.45, 2.75) is 46.1 Å². The first-order valence-corrected chi connectivity index (χ1v) is 8.07. The summed E-state index contributed by atoms with van der Waals surface area (Å²) >= 11 is 1.32. The zero-order chi connectivity index (χ0) is 15.8. The number of carboxylic acid groups (broad SMARTS) is 1. The van der Waals surface area contributed by atoms with Crippen LogP contribution in [0.3, 0.4) is 0 Å². The predicted octanol–water partition coefficient (Wildman–Crippen LogP) is 3.79. The van der Waals surface area contributed by atoms with Crippen molar-refractivity contribution in [2.75, 3.05) is 0 Å². The van der Waals surface area contributed by atoms with E-state index in [2.05, 4.69) is 19.2 Å². The lowest BCUT2D eigenvalue weighted by Crippen LogP contribution is -2.32. The highest BCUT2D eigenvalue weighted by molar-refractivity contribution is 7.12. The van der Waals surface area contributed by atoms with Crippen molar-refractivity contribution in [3.8, 4) is 0 Å². The van der Waals surface area contributed by atoms with Gasteiger partial charge in [-0.2, -0.15) is 0 Å². The standard InChI is InChI=1S/C16H23NO3S/c1-11(2)5-4-6-12(3)17-16(20)15-13(9-10-21-15)7-8-14(18)19/h7-12H,4-6H2,1-3H3,(H,17,20)(H,18,19). The molecule has 1 aromatic rings. The van der Waals surface area contributed by atoms with E-state index in [4.69, 9.17) is 5.11 Å². The smallest absolute Gasteiger partial charge is 0.328 e. The Morgan fingerprint density at radius 3 is 2.67 bits per heavy atom. The van der Waals surface area contributed by atoms with Gasteiger partial charge in [0.2, 0.25) is 0 Å². The summed E-state index contributed by atoms with van der Waals surface area (Å²) in [5.74, 6) is -0.473. The van der Waals surface area contributed by atoms with E-state index in [9.17, 15) is 9.59 Å². The molecule has 5 heteroatoms.